The van der Waals surface area contributed by atoms with Gasteiger partial charge in [0, 0.05) is 45.3 Å². The Balaban J connectivity index is 1.73. The van der Waals surface area contributed by atoms with Crippen LogP contribution in [0.3, 0.4) is 0 Å². The molecule has 0 aromatic heterocycles. The van der Waals surface area contributed by atoms with Gasteiger partial charge in [-0.15, -0.1) is 0 Å². The van der Waals surface area contributed by atoms with Crippen molar-refractivity contribution in [3.05, 3.63) is 35.9 Å². The molecule has 1 aliphatic heterocycles. The van der Waals surface area contributed by atoms with Gasteiger partial charge in [0.05, 0.1) is 0 Å². The molecule has 0 saturated carbocycles. The first kappa shape index (κ1) is 14.5. The van der Waals surface area contributed by atoms with Gasteiger partial charge >= 0.3 is 0 Å². The fourth-order valence-electron chi connectivity index (χ4n) is 2.48. The van der Waals surface area contributed by atoms with Crippen molar-refractivity contribution in [3.8, 4) is 0 Å². The van der Waals surface area contributed by atoms with Gasteiger partial charge in [0.15, 0.2) is 0 Å². The molecule has 0 spiro atoms. The molecule has 1 aromatic rings. The molecule has 1 aromatic carbocycles. The van der Waals surface area contributed by atoms with Crippen LogP contribution in [-0.4, -0.2) is 48.6 Å². The summed E-state index contributed by atoms with van der Waals surface area (Å²) in [7, 11) is 0. The highest BCUT2D eigenvalue weighted by Crippen LogP contribution is 2.09. The van der Waals surface area contributed by atoms with Crippen LogP contribution < -0.4 is 5.73 Å². The Morgan fingerprint density at radius 1 is 1.00 bits per heavy atom. The van der Waals surface area contributed by atoms with Crippen LogP contribution in [0.5, 0.6) is 0 Å². The average Bonchev–Trinajstić information content (AvgIpc) is 2.42. The zero-order chi connectivity index (χ0) is 13.7. The molecule has 106 valence electrons. The van der Waals surface area contributed by atoms with Crippen LogP contribution in [-0.2, 0) is 6.54 Å². The molecule has 2 rings (SSSR count). The smallest absolute Gasteiger partial charge is 0.0234 e. The van der Waals surface area contributed by atoms with E-state index in [1.807, 2.05) is 0 Å². The van der Waals surface area contributed by atoms with Crippen molar-refractivity contribution in [1.29, 1.82) is 0 Å². The fraction of sp³-hybridized carbons (Fsp3) is 0.625. The molecule has 1 aliphatic rings. The van der Waals surface area contributed by atoms with Gasteiger partial charge in [-0.1, -0.05) is 44.2 Å². The molecule has 0 amide bonds. The topological polar surface area (TPSA) is 32.5 Å². The lowest BCUT2D eigenvalue weighted by molar-refractivity contribution is 0.117. The van der Waals surface area contributed by atoms with Gasteiger partial charge in [0.1, 0.15) is 0 Å². The molecule has 0 bridgehead atoms. The Kier molecular flexibility index (Phi) is 5.37. The van der Waals surface area contributed by atoms with Gasteiger partial charge in [0.2, 0.25) is 0 Å². The second-order valence-corrected chi connectivity index (χ2v) is 5.97. The second-order valence-electron chi connectivity index (χ2n) is 5.97. The maximum atomic E-state index is 6.15. The first-order valence-corrected chi connectivity index (χ1v) is 7.39. The Hall–Kier alpha value is -0.900. The summed E-state index contributed by atoms with van der Waals surface area (Å²) < 4.78 is 0. The highest BCUT2D eigenvalue weighted by atomic mass is 15.3. The van der Waals surface area contributed by atoms with Crippen molar-refractivity contribution in [2.75, 3.05) is 32.7 Å². The van der Waals surface area contributed by atoms with E-state index < -0.39 is 0 Å². The maximum absolute atomic E-state index is 6.15. The van der Waals surface area contributed by atoms with E-state index in [-0.39, 0.29) is 0 Å². The van der Waals surface area contributed by atoms with E-state index in [2.05, 4.69) is 54.0 Å². The molecule has 1 fully saturated rings. The number of rotatable bonds is 5. The highest BCUT2D eigenvalue weighted by molar-refractivity contribution is 5.14. The van der Waals surface area contributed by atoms with E-state index in [1.165, 1.54) is 5.56 Å². The number of hydrogen-bond acceptors (Lipinski definition) is 3. The van der Waals surface area contributed by atoms with Crippen LogP contribution in [0.2, 0.25) is 0 Å². The van der Waals surface area contributed by atoms with Crippen molar-refractivity contribution in [2.24, 2.45) is 11.7 Å². The number of piperazine rings is 1. The molecule has 3 nitrogen and oxygen atoms in total. The van der Waals surface area contributed by atoms with Crippen molar-refractivity contribution in [2.45, 2.75) is 26.4 Å². The summed E-state index contributed by atoms with van der Waals surface area (Å²) in [6, 6.07) is 11.0. The molecule has 1 heterocycles. The largest absolute Gasteiger partial charge is 0.326 e. The number of benzene rings is 1. The zero-order valence-electron chi connectivity index (χ0n) is 12.3. The normalized spacial score (nSPS) is 19.8. The minimum Gasteiger partial charge on any atom is -0.326 e. The molecule has 3 heteroatoms. The van der Waals surface area contributed by atoms with Crippen molar-refractivity contribution < 1.29 is 0 Å². The SMILES string of the molecule is CC(C)C(N)CN1CCN(Cc2ccccc2)CC1. The van der Waals surface area contributed by atoms with E-state index in [0.717, 1.165) is 39.3 Å². The van der Waals surface area contributed by atoms with Gasteiger partial charge < -0.3 is 5.73 Å². The number of nitrogens with zero attached hydrogens (tertiary/aromatic N) is 2. The lowest BCUT2D eigenvalue weighted by Crippen LogP contribution is -2.50. The summed E-state index contributed by atoms with van der Waals surface area (Å²) in [6.07, 6.45) is 0. The fourth-order valence-corrected chi connectivity index (χ4v) is 2.48. The first-order valence-electron chi connectivity index (χ1n) is 7.39. The standard InChI is InChI=1S/C16H27N3/c1-14(2)16(17)13-19-10-8-18(9-11-19)12-15-6-4-3-5-7-15/h3-7,14,16H,8-13,17H2,1-2H3. The van der Waals surface area contributed by atoms with E-state index >= 15 is 0 Å². The minimum atomic E-state index is 0.306. The summed E-state index contributed by atoms with van der Waals surface area (Å²) in [4.78, 5) is 5.04. The molecular formula is C16H27N3. The van der Waals surface area contributed by atoms with Gasteiger partial charge in [-0.2, -0.15) is 0 Å². The van der Waals surface area contributed by atoms with E-state index in [9.17, 15) is 0 Å². The van der Waals surface area contributed by atoms with E-state index in [4.69, 9.17) is 5.73 Å². The van der Waals surface area contributed by atoms with Crippen LogP contribution in [0, 0.1) is 5.92 Å². The predicted octanol–water partition coefficient (Wildman–Crippen LogP) is 1.79. The minimum absolute atomic E-state index is 0.306. The monoisotopic (exact) mass is 261 g/mol. The average molecular weight is 261 g/mol. The van der Waals surface area contributed by atoms with Crippen molar-refractivity contribution >= 4 is 0 Å². The lowest BCUT2D eigenvalue weighted by atomic mass is 10.0. The van der Waals surface area contributed by atoms with Gasteiger partial charge in [-0.3, -0.25) is 9.80 Å². The summed E-state index contributed by atoms with van der Waals surface area (Å²) >= 11 is 0. The van der Waals surface area contributed by atoms with Crippen molar-refractivity contribution in [3.63, 3.8) is 0 Å². The second kappa shape index (κ2) is 7.04. The van der Waals surface area contributed by atoms with Crippen LogP contribution in [0.25, 0.3) is 0 Å². The molecular weight excluding hydrogens is 234 g/mol. The highest BCUT2D eigenvalue weighted by Gasteiger charge is 2.19. The molecule has 0 radical (unpaired) electrons. The molecule has 1 saturated heterocycles. The Bertz CT molecular complexity index is 356. The van der Waals surface area contributed by atoms with E-state index in [0.29, 0.717) is 12.0 Å². The third-order valence-corrected chi connectivity index (χ3v) is 4.04. The predicted molar refractivity (Wildman–Crippen MR) is 81.0 cm³/mol. The molecule has 19 heavy (non-hydrogen) atoms. The molecule has 1 atom stereocenters. The summed E-state index contributed by atoms with van der Waals surface area (Å²) in [5.74, 6) is 0.572. The van der Waals surface area contributed by atoms with Crippen LogP contribution in [0.15, 0.2) is 30.3 Å². The van der Waals surface area contributed by atoms with Gasteiger partial charge in [-0.25, -0.2) is 0 Å². The quantitative estimate of drug-likeness (QED) is 0.877. The van der Waals surface area contributed by atoms with Crippen molar-refractivity contribution in [1.82, 2.24) is 9.80 Å². The lowest BCUT2D eigenvalue weighted by Gasteiger charge is -2.36. The number of nitrogens with two attached hydrogens (primary N) is 1. The van der Waals surface area contributed by atoms with Crippen LogP contribution in [0.1, 0.15) is 19.4 Å². The summed E-state index contributed by atoms with van der Waals surface area (Å²) in [5, 5.41) is 0. The van der Waals surface area contributed by atoms with Gasteiger partial charge in [0.25, 0.3) is 0 Å². The first-order chi connectivity index (χ1) is 9.15. The summed E-state index contributed by atoms with van der Waals surface area (Å²) in [5.41, 5.74) is 7.56. The molecule has 0 aliphatic carbocycles. The Morgan fingerprint density at radius 2 is 1.58 bits per heavy atom. The Labute approximate surface area is 117 Å². The number of hydrogen-bond donors (Lipinski definition) is 1. The molecule has 1 unspecified atom stereocenters. The Morgan fingerprint density at radius 3 is 2.16 bits per heavy atom. The van der Waals surface area contributed by atoms with E-state index in [1.54, 1.807) is 0 Å². The third-order valence-electron chi connectivity index (χ3n) is 4.04. The van der Waals surface area contributed by atoms with Crippen LogP contribution >= 0.6 is 0 Å². The zero-order valence-corrected chi connectivity index (χ0v) is 12.3. The third kappa shape index (κ3) is 4.60. The maximum Gasteiger partial charge on any atom is 0.0234 e. The van der Waals surface area contributed by atoms with Gasteiger partial charge in [-0.05, 0) is 11.5 Å². The van der Waals surface area contributed by atoms with Crippen LogP contribution in [0.4, 0.5) is 0 Å². The summed E-state index contributed by atoms with van der Waals surface area (Å²) in [6.45, 7) is 11.1. The molecule has 2 N–H and O–H groups in total.